The van der Waals surface area contributed by atoms with E-state index in [2.05, 4.69) is 9.97 Å². The van der Waals surface area contributed by atoms with Crippen LogP contribution in [0.1, 0.15) is 22.6 Å². The molecule has 0 aliphatic carbocycles. The van der Waals surface area contributed by atoms with E-state index in [1.54, 1.807) is 18.3 Å². The highest BCUT2D eigenvalue weighted by Gasteiger charge is 2.35. The van der Waals surface area contributed by atoms with Crippen LogP contribution in [0.5, 0.6) is 0 Å². The summed E-state index contributed by atoms with van der Waals surface area (Å²) >= 11 is 12.0. The third-order valence-corrected chi connectivity index (χ3v) is 5.60. The second-order valence-corrected chi connectivity index (χ2v) is 7.79. The molecule has 3 aromatic rings. The van der Waals surface area contributed by atoms with Crippen LogP contribution in [-0.4, -0.2) is 26.4 Å². The SMILES string of the molecule is O=c1[nH]c(C(F)(F)F)nc2c1CN(Cc1ccc(-c3ccc(Cl)c(Cl)c3)nc1)CC2. The van der Waals surface area contributed by atoms with Crippen LogP contribution >= 0.6 is 23.2 Å². The van der Waals surface area contributed by atoms with Crippen LogP contribution in [-0.2, 0) is 25.7 Å². The van der Waals surface area contributed by atoms with Crippen LogP contribution in [0.15, 0.2) is 41.3 Å². The quantitative estimate of drug-likeness (QED) is 0.621. The van der Waals surface area contributed by atoms with E-state index >= 15 is 0 Å². The van der Waals surface area contributed by atoms with Gasteiger partial charge in [0.25, 0.3) is 5.56 Å². The lowest BCUT2D eigenvalue weighted by Crippen LogP contribution is -2.36. The molecule has 0 fully saturated rings. The first-order valence-electron chi connectivity index (χ1n) is 9.02. The van der Waals surface area contributed by atoms with Gasteiger partial charge in [-0.25, -0.2) is 4.98 Å². The number of pyridine rings is 1. The van der Waals surface area contributed by atoms with Gasteiger partial charge in [0.05, 0.1) is 27.0 Å². The topological polar surface area (TPSA) is 61.9 Å². The van der Waals surface area contributed by atoms with Crippen LogP contribution in [0.3, 0.4) is 0 Å². The fourth-order valence-corrected chi connectivity index (χ4v) is 3.65. The van der Waals surface area contributed by atoms with Gasteiger partial charge in [0.2, 0.25) is 5.82 Å². The predicted molar refractivity (Wildman–Crippen MR) is 107 cm³/mol. The smallest absolute Gasteiger partial charge is 0.303 e. The number of nitrogens with one attached hydrogen (secondary N) is 1. The summed E-state index contributed by atoms with van der Waals surface area (Å²) in [5.74, 6) is -1.25. The Morgan fingerprint density at radius 1 is 1.13 bits per heavy atom. The molecule has 156 valence electrons. The van der Waals surface area contributed by atoms with Gasteiger partial charge in [-0.3, -0.25) is 14.7 Å². The number of hydrogen-bond donors (Lipinski definition) is 1. The van der Waals surface area contributed by atoms with E-state index in [1.807, 2.05) is 28.1 Å². The average Bonchev–Trinajstić information content (AvgIpc) is 2.70. The van der Waals surface area contributed by atoms with Crippen LogP contribution in [0, 0.1) is 0 Å². The minimum absolute atomic E-state index is 0.204. The molecule has 0 saturated heterocycles. The van der Waals surface area contributed by atoms with Gasteiger partial charge in [0.1, 0.15) is 0 Å². The number of aromatic amines is 1. The van der Waals surface area contributed by atoms with Gasteiger partial charge < -0.3 is 4.98 Å². The number of halogens is 5. The molecular formula is C20H15Cl2F3N4O. The number of hydrogen-bond acceptors (Lipinski definition) is 4. The first kappa shape index (κ1) is 20.8. The van der Waals surface area contributed by atoms with Crippen molar-refractivity contribution in [1.82, 2.24) is 19.9 Å². The Bertz CT molecular complexity index is 1150. The van der Waals surface area contributed by atoms with E-state index < -0.39 is 17.6 Å². The summed E-state index contributed by atoms with van der Waals surface area (Å²) in [4.78, 5) is 24.0. The van der Waals surface area contributed by atoms with E-state index in [4.69, 9.17) is 23.2 Å². The number of alkyl halides is 3. The van der Waals surface area contributed by atoms with Crippen LogP contribution in [0.25, 0.3) is 11.3 Å². The molecule has 0 amide bonds. The number of aromatic nitrogens is 3. The van der Waals surface area contributed by atoms with E-state index in [-0.39, 0.29) is 24.2 Å². The summed E-state index contributed by atoms with van der Waals surface area (Å²) in [6.07, 6.45) is -2.67. The van der Waals surface area contributed by atoms with E-state index in [0.29, 0.717) is 23.1 Å². The van der Waals surface area contributed by atoms with Crippen molar-refractivity contribution in [3.63, 3.8) is 0 Å². The Hall–Kier alpha value is -2.42. The minimum atomic E-state index is -4.67. The Balaban J connectivity index is 1.48. The van der Waals surface area contributed by atoms with Crippen molar-refractivity contribution in [2.45, 2.75) is 25.7 Å². The molecule has 10 heteroatoms. The number of H-pyrrole nitrogens is 1. The normalized spacial score (nSPS) is 14.6. The van der Waals surface area contributed by atoms with Crippen molar-refractivity contribution >= 4 is 23.2 Å². The van der Waals surface area contributed by atoms with Gasteiger partial charge >= 0.3 is 6.18 Å². The molecule has 1 aliphatic rings. The third kappa shape index (κ3) is 4.35. The van der Waals surface area contributed by atoms with Gasteiger partial charge in [-0.1, -0.05) is 35.3 Å². The number of nitrogens with zero attached hydrogens (tertiary/aromatic N) is 3. The van der Waals surface area contributed by atoms with Crippen molar-refractivity contribution in [3.05, 3.63) is 79.6 Å². The average molecular weight is 455 g/mol. The fraction of sp³-hybridized carbons (Fsp3) is 0.250. The molecule has 0 bridgehead atoms. The molecule has 0 unspecified atom stereocenters. The molecule has 0 spiro atoms. The standard InChI is InChI=1S/C20H15Cl2F3N4O/c21-14-3-2-12(7-15(14)22)16-4-1-11(8-26-16)9-29-6-5-17-13(10-29)18(30)28-19(27-17)20(23,24)25/h1-4,7-8H,5-6,9-10H2,(H,27,28,30). The number of rotatable bonds is 3. The van der Waals surface area contributed by atoms with Crippen molar-refractivity contribution in [2.75, 3.05) is 6.54 Å². The van der Waals surface area contributed by atoms with Gasteiger partial charge in [-0.2, -0.15) is 13.2 Å². The maximum absolute atomic E-state index is 12.8. The molecule has 0 radical (unpaired) electrons. The first-order valence-corrected chi connectivity index (χ1v) is 9.78. The molecule has 5 nitrogen and oxygen atoms in total. The maximum Gasteiger partial charge on any atom is 0.449 e. The lowest BCUT2D eigenvalue weighted by Gasteiger charge is -2.27. The van der Waals surface area contributed by atoms with Crippen LogP contribution in [0.2, 0.25) is 10.0 Å². The largest absolute Gasteiger partial charge is 0.449 e. The van der Waals surface area contributed by atoms with Crippen molar-refractivity contribution in [1.29, 1.82) is 0 Å². The molecule has 1 N–H and O–H groups in total. The van der Waals surface area contributed by atoms with Crippen molar-refractivity contribution in [2.24, 2.45) is 0 Å². The summed E-state index contributed by atoms with van der Waals surface area (Å²) in [6.45, 7) is 1.23. The Morgan fingerprint density at radius 3 is 2.60 bits per heavy atom. The van der Waals surface area contributed by atoms with Gasteiger partial charge in [-0.05, 0) is 23.8 Å². The highest BCUT2D eigenvalue weighted by Crippen LogP contribution is 2.28. The molecule has 1 aromatic carbocycles. The molecule has 1 aliphatic heterocycles. The summed E-state index contributed by atoms with van der Waals surface area (Å²) in [7, 11) is 0. The Kier molecular flexibility index (Phi) is 5.57. The second kappa shape index (κ2) is 8.02. The third-order valence-electron chi connectivity index (χ3n) is 4.86. The van der Waals surface area contributed by atoms with Crippen LogP contribution < -0.4 is 5.56 Å². The van der Waals surface area contributed by atoms with Gasteiger partial charge in [-0.15, -0.1) is 0 Å². The van der Waals surface area contributed by atoms with E-state index in [1.165, 1.54) is 0 Å². The summed E-state index contributed by atoms with van der Waals surface area (Å²) in [5.41, 5.74) is 2.22. The number of fused-ring (bicyclic) bond motifs is 1. The van der Waals surface area contributed by atoms with Crippen LogP contribution in [0.4, 0.5) is 13.2 Å². The fourth-order valence-electron chi connectivity index (χ4n) is 3.35. The highest BCUT2D eigenvalue weighted by molar-refractivity contribution is 6.42. The molecule has 2 aromatic heterocycles. The molecule has 4 rings (SSSR count). The molecule has 0 saturated carbocycles. The van der Waals surface area contributed by atoms with E-state index in [0.717, 1.165) is 16.8 Å². The predicted octanol–water partition coefficient (Wildman–Crippen LogP) is 4.72. The molecular weight excluding hydrogens is 440 g/mol. The van der Waals surface area contributed by atoms with E-state index in [9.17, 15) is 18.0 Å². The minimum Gasteiger partial charge on any atom is -0.303 e. The zero-order valence-corrected chi connectivity index (χ0v) is 16.9. The second-order valence-electron chi connectivity index (χ2n) is 6.98. The highest BCUT2D eigenvalue weighted by atomic mass is 35.5. The Labute approximate surface area is 179 Å². The molecule has 3 heterocycles. The lowest BCUT2D eigenvalue weighted by molar-refractivity contribution is -0.145. The summed E-state index contributed by atoms with van der Waals surface area (Å²) in [5, 5.41) is 0.911. The van der Waals surface area contributed by atoms with Gasteiger partial charge in [0, 0.05) is 37.8 Å². The first-order chi connectivity index (χ1) is 14.2. The lowest BCUT2D eigenvalue weighted by atomic mass is 10.1. The van der Waals surface area contributed by atoms with Crippen molar-refractivity contribution in [3.8, 4) is 11.3 Å². The summed E-state index contributed by atoms with van der Waals surface area (Å²) in [6, 6.07) is 9.04. The summed E-state index contributed by atoms with van der Waals surface area (Å²) < 4.78 is 38.5. The zero-order chi connectivity index (χ0) is 21.5. The molecule has 0 atom stereocenters. The monoisotopic (exact) mass is 454 g/mol. The maximum atomic E-state index is 12.8. The molecule has 30 heavy (non-hydrogen) atoms. The zero-order valence-electron chi connectivity index (χ0n) is 15.4. The Morgan fingerprint density at radius 2 is 1.93 bits per heavy atom. The number of benzene rings is 1. The van der Waals surface area contributed by atoms with Crippen molar-refractivity contribution < 1.29 is 13.2 Å². The van der Waals surface area contributed by atoms with Gasteiger partial charge in [0.15, 0.2) is 0 Å².